The molecule has 184 valence electrons. The summed E-state index contributed by atoms with van der Waals surface area (Å²) < 4.78 is 26.2. The zero-order chi connectivity index (χ0) is 24.9. The van der Waals surface area contributed by atoms with E-state index >= 15 is 0 Å². The van der Waals surface area contributed by atoms with Crippen molar-refractivity contribution in [1.82, 2.24) is 10.2 Å². The molecule has 1 atom stereocenters. The van der Waals surface area contributed by atoms with Crippen molar-refractivity contribution in [2.24, 2.45) is 0 Å². The van der Waals surface area contributed by atoms with Crippen molar-refractivity contribution in [2.45, 2.75) is 58.2 Å². The Kier molecular flexibility index (Phi) is 8.60. The quantitative estimate of drug-likeness (QED) is 0.560. The lowest BCUT2D eigenvalue weighted by Crippen LogP contribution is -2.52. The number of carbonyl (C=O) groups is 2. The maximum Gasteiger partial charge on any atom is 0.244 e. The number of hydrogen-bond acceptors (Lipinski definition) is 4. The van der Waals surface area contributed by atoms with Gasteiger partial charge >= 0.3 is 0 Å². The normalized spacial score (nSPS) is 15.1. The Morgan fingerprint density at radius 1 is 1.09 bits per heavy atom. The third-order valence-electron chi connectivity index (χ3n) is 6.17. The van der Waals surface area contributed by atoms with Crippen molar-refractivity contribution in [2.75, 3.05) is 17.1 Å². The van der Waals surface area contributed by atoms with Gasteiger partial charge in [-0.1, -0.05) is 60.3 Å². The molecule has 2 aromatic carbocycles. The van der Waals surface area contributed by atoms with Crippen LogP contribution in [0, 0.1) is 6.92 Å². The summed E-state index contributed by atoms with van der Waals surface area (Å²) in [5.41, 5.74) is 2.04. The van der Waals surface area contributed by atoms with Crippen LogP contribution in [0.4, 0.5) is 5.69 Å². The lowest BCUT2D eigenvalue weighted by Gasteiger charge is -2.32. The first-order valence-corrected chi connectivity index (χ1v) is 13.7. The number of benzene rings is 2. The van der Waals surface area contributed by atoms with Gasteiger partial charge in [0.05, 0.1) is 11.9 Å². The van der Waals surface area contributed by atoms with Gasteiger partial charge in [0.1, 0.15) is 12.6 Å². The highest BCUT2D eigenvalue weighted by Crippen LogP contribution is 2.23. The van der Waals surface area contributed by atoms with Crippen molar-refractivity contribution in [3.63, 3.8) is 0 Å². The molecular weight excluding hydrogens is 474 g/mol. The van der Waals surface area contributed by atoms with E-state index in [1.54, 1.807) is 49.4 Å². The molecule has 2 amide bonds. The van der Waals surface area contributed by atoms with Crippen molar-refractivity contribution in [3.05, 3.63) is 64.7 Å². The molecular formula is C25H32ClN3O4S. The molecule has 7 nitrogen and oxygen atoms in total. The van der Waals surface area contributed by atoms with Crippen LogP contribution < -0.4 is 9.62 Å². The van der Waals surface area contributed by atoms with Gasteiger partial charge in [-0.05, 0) is 50.5 Å². The lowest BCUT2D eigenvalue weighted by atomic mass is 10.1. The summed E-state index contributed by atoms with van der Waals surface area (Å²) in [6.07, 6.45) is 5.05. The summed E-state index contributed by atoms with van der Waals surface area (Å²) >= 11 is 6.34. The fourth-order valence-corrected chi connectivity index (χ4v) is 5.15. The van der Waals surface area contributed by atoms with Crippen molar-refractivity contribution < 1.29 is 18.0 Å². The topological polar surface area (TPSA) is 86.8 Å². The van der Waals surface area contributed by atoms with Gasteiger partial charge in [-0.25, -0.2) is 8.42 Å². The number of sulfonamides is 1. The van der Waals surface area contributed by atoms with Gasteiger partial charge in [-0.2, -0.15) is 0 Å². The van der Waals surface area contributed by atoms with E-state index in [2.05, 4.69) is 5.32 Å². The number of hydrogen-bond donors (Lipinski definition) is 1. The molecule has 0 aliphatic heterocycles. The lowest BCUT2D eigenvalue weighted by molar-refractivity contribution is -0.139. The molecule has 1 N–H and O–H groups in total. The average molecular weight is 506 g/mol. The van der Waals surface area contributed by atoms with E-state index in [-0.39, 0.29) is 18.5 Å². The Bertz CT molecular complexity index is 1120. The zero-order valence-electron chi connectivity index (χ0n) is 19.8. The maximum atomic E-state index is 13.5. The Morgan fingerprint density at radius 2 is 1.71 bits per heavy atom. The van der Waals surface area contributed by atoms with Gasteiger partial charge in [-0.15, -0.1) is 0 Å². The predicted molar refractivity (Wildman–Crippen MR) is 135 cm³/mol. The van der Waals surface area contributed by atoms with Crippen LogP contribution >= 0.6 is 11.6 Å². The van der Waals surface area contributed by atoms with Crippen LogP contribution in [-0.2, 0) is 26.2 Å². The SMILES string of the molecule is Cc1ccc(N(CC(=O)N(Cc2ccccc2Cl)C(C)C(=O)NC2CCCC2)S(C)(=O)=O)cc1. The number of carbonyl (C=O) groups excluding carboxylic acids is 2. The summed E-state index contributed by atoms with van der Waals surface area (Å²) in [5.74, 6) is -0.742. The summed E-state index contributed by atoms with van der Waals surface area (Å²) in [5, 5.41) is 3.51. The maximum absolute atomic E-state index is 13.5. The fraction of sp³-hybridized carbons (Fsp3) is 0.440. The van der Waals surface area contributed by atoms with Crippen LogP contribution in [0.5, 0.6) is 0 Å². The number of anilines is 1. The predicted octanol–water partition coefficient (Wildman–Crippen LogP) is 3.89. The molecule has 0 bridgehead atoms. The minimum atomic E-state index is -3.75. The van der Waals surface area contributed by atoms with Crippen LogP contribution in [0.3, 0.4) is 0 Å². The van der Waals surface area contributed by atoms with E-state index in [1.165, 1.54) is 4.90 Å². The number of nitrogens with one attached hydrogen (secondary N) is 1. The van der Waals surface area contributed by atoms with E-state index < -0.39 is 28.5 Å². The molecule has 0 spiro atoms. The summed E-state index contributed by atoms with van der Waals surface area (Å²) in [4.78, 5) is 28.0. The van der Waals surface area contributed by atoms with E-state index in [0.29, 0.717) is 16.3 Å². The largest absolute Gasteiger partial charge is 0.352 e. The van der Waals surface area contributed by atoms with Gasteiger partial charge in [-0.3, -0.25) is 13.9 Å². The number of nitrogens with zero attached hydrogens (tertiary/aromatic N) is 2. The molecule has 2 aromatic rings. The molecule has 9 heteroatoms. The first-order chi connectivity index (χ1) is 16.1. The molecule has 1 aliphatic rings. The molecule has 1 saturated carbocycles. The monoisotopic (exact) mass is 505 g/mol. The van der Waals surface area contributed by atoms with Gasteiger partial charge in [0.2, 0.25) is 21.8 Å². The van der Waals surface area contributed by atoms with Crippen LogP contribution in [0.25, 0.3) is 0 Å². The number of rotatable bonds is 9. The first kappa shape index (κ1) is 26.0. The molecule has 1 fully saturated rings. The molecule has 0 aromatic heterocycles. The van der Waals surface area contributed by atoms with Crippen molar-refractivity contribution in [1.29, 1.82) is 0 Å². The van der Waals surface area contributed by atoms with Crippen molar-refractivity contribution in [3.8, 4) is 0 Å². The first-order valence-electron chi connectivity index (χ1n) is 11.4. The summed E-state index contributed by atoms with van der Waals surface area (Å²) in [6, 6.07) is 13.3. The Balaban J connectivity index is 1.88. The Labute approximate surface area is 207 Å². The highest BCUT2D eigenvalue weighted by molar-refractivity contribution is 7.92. The second-order valence-electron chi connectivity index (χ2n) is 8.88. The van der Waals surface area contributed by atoms with Gasteiger partial charge in [0.25, 0.3) is 0 Å². The number of aryl methyl sites for hydroxylation is 1. The fourth-order valence-electron chi connectivity index (χ4n) is 4.11. The van der Waals surface area contributed by atoms with Gasteiger partial charge in [0.15, 0.2) is 0 Å². The molecule has 1 unspecified atom stereocenters. The molecule has 0 radical (unpaired) electrons. The standard InChI is InChI=1S/C25H32ClN3O4S/c1-18-12-14-22(15-13-18)29(34(3,32)33)17-24(30)28(16-20-8-4-7-11-23(20)26)19(2)25(31)27-21-9-5-6-10-21/h4,7-8,11-15,19,21H,5-6,9-10,16-17H2,1-3H3,(H,27,31). The zero-order valence-corrected chi connectivity index (χ0v) is 21.4. The number of halogens is 1. The highest BCUT2D eigenvalue weighted by atomic mass is 35.5. The second-order valence-corrected chi connectivity index (χ2v) is 11.2. The van der Waals surface area contributed by atoms with E-state index in [4.69, 9.17) is 11.6 Å². The summed E-state index contributed by atoms with van der Waals surface area (Å²) in [7, 11) is -3.75. The van der Waals surface area contributed by atoms with E-state index in [0.717, 1.165) is 41.8 Å². The Morgan fingerprint density at radius 3 is 2.29 bits per heavy atom. The van der Waals surface area contributed by atoms with Crippen LogP contribution in [0.15, 0.2) is 48.5 Å². The highest BCUT2D eigenvalue weighted by Gasteiger charge is 2.31. The molecule has 0 heterocycles. The van der Waals surface area contributed by atoms with Gasteiger partial charge < -0.3 is 10.2 Å². The van der Waals surface area contributed by atoms with E-state index in [1.807, 2.05) is 13.0 Å². The van der Waals surface area contributed by atoms with E-state index in [9.17, 15) is 18.0 Å². The third kappa shape index (κ3) is 6.73. The molecule has 0 saturated heterocycles. The summed E-state index contributed by atoms with van der Waals surface area (Å²) in [6.45, 7) is 3.22. The second kappa shape index (κ2) is 11.2. The molecule has 34 heavy (non-hydrogen) atoms. The van der Waals surface area contributed by atoms with Gasteiger partial charge in [0, 0.05) is 17.6 Å². The smallest absolute Gasteiger partial charge is 0.244 e. The molecule has 3 rings (SSSR count). The molecule has 1 aliphatic carbocycles. The van der Waals surface area contributed by atoms with Crippen LogP contribution in [0.1, 0.15) is 43.7 Å². The van der Waals surface area contributed by atoms with Crippen LogP contribution in [0.2, 0.25) is 5.02 Å². The average Bonchev–Trinajstić information content (AvgIpc) is 3.29. The Hall–Kier alpha value is -2.58. The number of amides is 2. The third-order valence-corrected chi connectivity index (χ3v) is 7.68. The van der Waals surface area contributed by atoms with Crippen molar-refractivity contribution >= 4 is 39.1 Å². The minimum Gasteiger partial charge on any atom is -0.352 e. The minimum absolute atomic E-state index is 0.0866. The van der Waals surface area contributed by atoms with Crippen LogP contribution in [-0.4, -0.2) is 50.0 Å².